The van der Waals surface area contributed by atoms with Gasteiger partial charge in [-0.15, -0.1) is 0 Å². The average Bonchev–Trinajstić information content (AvgIpc) is 2.75. The Bertz CT molecular complexity index is 683. The predicted octanol–water partition coefficient (Wildman–Crippen LogP) is 3.83. The Balaban J connectivity index is 2.32. The van der Waals surface area contributed by atoms with E-state index in [0.29, 0.717) is 16.3 Å². The maximum absolute atomic E-state index is 12.5. The van der Waals surface area contributed by atoms with Gasteiger partial charge in [0.1, 0.15) is 5.75 Å². The van der Waals surface area contributed by atoms with Crippen LogP contribution in [0.15, 0.2) is 22.7 Å². The zero-order chi connectivity index (χ0) is 15.6. The third-order valence-electron chi connectivity index (χ3n) is 3.30. The summed E-state index contributed by atoms with van der Waals surface area (Å²) >= 11 is 9.69. The topological polar surface area (TPSA) is 44.1 Å². The van der Waals surface area contributed by atoms with E-state index in [2.05, 4.69) is 21.0 Å². The van der Waals surface area contributed by atoms with Crippen molar-refractivity contribution in [3.05, 3.63) is 44.6 Å². The molecule has 2 aromatic rings. The van der Waals surface area contributed by atoms with Gasteiger partial charge in [0.25, 0.3) is 0 Å². The van der Waals surface area contributed by atoms with Crippen LogP contribution < -0.4 is 4.74 Å². The molecule has 0 bridgehead atoms. The SMILES string of the molecule is CCc1nn(C)c(CC(=O)c2cc(OC)ccc2Br)c1Cl. The van der Waals surface area contributed by atoms with E-state index in [4.69, 9.17) is 16.3 Å². The minimum absolute atomic E-state index is 0.0340. The number of carbonyl (C=O) groups is 1. The van der Waals surface area contributed by atoms with E-state index >= 15 is 0 Å². The molecule has 0 fully saturated rings. The van der Waals surface area contributed by atoms with Gasteiger partial charge in [-0.1, -0.05) is 34.5 Å². The molecule has 0 aliphatic heterocycles. The quantitative estimate of drug-likeness (QED) is 0.750. The van der Waals surface area contributed by atoms with Crippen LogP contribution in [-0.4, -0.2) is 22.7 Å². The summed E-state index contributed by atoms with van der Waals surface area (Å²) in [7, 11) is 3.37. The Morgan fingerprint density at radius 2 is 2.19 bits per heavy atom. The lowest BCUT2D eigenvalue weighted by atomic mass is 10.1. The molecule has 0 aliphatic carbocycles. The molecule has 0 amide bonds. The van der Waals surface area contributed by atoms with Crippen LogP contribution >= 0.6 is 27.5 Å². The van der Waals surface area contributed by atoms with Crippen molar-refractivity contribution >= 4 is 33.3 Å². The van der Waals surface area contributed by atoms with E-state index < -0.39 is 0 Å². The standard InChI is InChI=1S/C15H16BrClN2O2/c1-4-12-15(17)13(19(2)18-12)8-14(20)10-7-9(21-3)5-6-11(10)16/h5-7H,4,8H2,1-3H3. The lowest BCUT2D eigenvalue weighted by molar-refractivity contribution is 0.0989. The summed E-state index contributed by atoms with van der Waals surface area (Å²) in [5.41, 5.74) is 2.12. The normalized spacial score (nSPS) is 10.7. The third kappa shape index (κ3) is 3.30. The van der Waals surface area contributed by atoms with Gasteiger partial charge in [-0.25, -0.2) is 0 Å². The van der Waals surface area contributed by atoms with Crippen LogP contribution in [-0.2, 0) is 19.9 Å². The molecule has 1 aromatic carbocycles. The molecule has 6 heteroatoms. The summed E-state index contributed by atoms with van der Waals surface area (Å²) in [6.07, 6.45) is 0.942. The second-order valence-corrected chi connectivity index (χ2v) is 5.86. The fourth-order valence-corrected chi connectivity index (χ4v) is 2.93. The smallest absolute Gasteiger partial charge is 0.170 e. The Morgan fingerprint density at radius 3 is 2.76 bits per heavy atom. The second-order valence-electron chi connectivity index (χ2n) is 4.63. The first kappa shape index (κ1) is 16.0. The van der Waals surface area contributed by atoms with Crippen molar-refractivity contribution in [1.82, 2.24) is 9.78 Å². The van der Waals surface area contributed by atoms with Gasteiger partial charge in [-0.3, -0.25) is 9.48 Å². The largest absolute Gasteiger partial charge is 0.497 e. The summed E-state index contributed by atoms with van der Waals surface area (Å²) in [6, 6.07) is 5.32. The van der Waals surface area contributed by atoms with Crippen LogP contribution in [0.4, 0.5) is 0 Å². The number of hydrogen-bond donors (Lipinski definition) is 0. The average molecular weight is 372 g/mol. The zero-order valence-corrected chi connectivity index (χ0v) is 14.5. The van der Waals surface area contributed by atoms with Crippen molar-refractivity contribution in [1.29, 1.82) is 0 Å². The Morgan fingerprint density at radius 1 is 1.48 bits per heavy atom. The van der Waals surface area contributed by atoms with Gasteiger partial charge in [0.05, 0.1) is 29.9 Å². The lowest BCUT2D eigenvalue weighted by Crippen LogP contribution is -2.09. The minimum atomic E-state index is -0.0340. The summed E-state index contributed by atoms with van der Waals surface area (Å²) < 4.78 is 7.57. The van der Waals surface area contributed by atoms with Crippen LogP contribution in [0.2, 0.25) is 5.02 Å². The van der Waals surface area contributed by atoms with Crippen LogP contribution in [0, 0.1) is 0 Å². The van der Waals surface area contributed by atoms with Gasteiger partial charge in [0.15, 0.2) is 5.78 Å². The van der Waals surface area contributed by atoms with Crippen molar-refractivity contribution in [2.24, 2.45) is 7.05 Å². The van der Waals surface area contributed by atoms with Crippen molar-refractivity contribution in [2.75, 3.05) is 7.11 Å². The number of ether oxygens (including phenoxy) is 1. The first-order valence-electron chi connectivity index (χ1n) is 6.54. The molecule has 2 rings (SSSR count). The molecule has 0 atom stereocenters. The van der Waals surface area contributed by atoms with Crippen LogP contribution in [0.25, 0.3) is 0 Å². The molecule has 21 heavy (non-hydrogen) atoms. The maximum Gasteiger partial charge on any atom is 0.170 e. The molecule has 1 heterocycles. The fraction of sp³-hybridized carbons (Fsp3) is 0.333. The van der Waals surface area contributed by atoms with E-state index in [9.17, 15) is 4.79 Å². The molecular weight excluding hydrogens is 356 g/mol. The molecule has 0 saturated heterocycles. The summed E-state index contributed by atoms with van der Waals surface area (Å²) in [6.45, 7) is 1.98. The summed E-state index contributed by atoms with van der Waals surface area (Å²) in [5.74, 6) is 0.611. The van der Waals surface area contributed by atoms with Gasteiger partial charge in [-0.05, 0) is 24.6 Å². The van der Waals surface area contributed by atoms with E-state index in [1.165, 1.54) is 0 Å². The van der Waals surface area contributed by atoms with Crippen LogP contribution in [0.1, 0.15) is 28.7 Å². The zero-order valence-electron chi connectivity index (χ0n) is 12.1. The molecule has 0 saturated carbocycles. The molecule has 4 nitrogen and oxygen atoms in total. The number of halogens is 2. The van der Waals surface area contributed by atoms with E-state index in [-0.39, 0.29) is 12.2 Å². The maximum atomic E-state index is 12.5. The highest BCUT2D eigenvalue weighted by Crippen LogP contribution is 2.26. The number of rotatable bonds is 5. The number of carbonyl (C=O) groups excluding carboxylic acids is 1. The van der Waals surface area contributed by atoms with Gasteiger partial charge in [0, 0.05) is 17.1 Å². The van der Waals surface area contributed by atoms with Crippen LogP contribution in [0.5, 0.6) is 5.75 Å². The van der Waals surface area contributed by atoms with Crippen molar-refractivity contribution in [2.45, 2.75) is 19.8 Å². The highest BCUT2D eigenvalue weighted by atomic mass is 79.9. The first-order chi connectivity index (χ1) is 9.97. The predicted molar refractivity (Wildman–Crippen MR) is 86.3 cm³/mol. The molecular formula is C15H16BrClN2O2. The molecule has 0 N–H and O–H groups in total. The van der Waals surface area contributed by atoms with Crippen molar-refractivity contribution in [3.8, 4) is 5.75 Å². The van der Waals surface area contributed by atoms with E-state index in [0.717, 1.165) is 22.3 Å². The summed E-state index contributed by atoms with van der Waals surface area (Å²) in [4.78, 5) is 12.5. The molecule has 1 aromatic heterocycles. The Hall–Kier alpha value is -1.33. The third-order valence-corrected chi connectivity index (χ3v) is 4.43. The van der Waals surface area contributed by atoms with Gasteiger partial charge >= 0.3 is 0 Å². The minimum Gasteiger partial charge on any atom is -0.497 e. The molecule has 0 aliphatic rings. The fourth-order valence-electron chi connectivity index (χ4n) is 2.10. The lowest BCUT2D eigenvalue weighted by Gasteiger charge is -2.07. The number of benzene rings is 1. The highest BCUT2D eigenvalue weighted by Gasteiger charge is 2.19. The molecule has 112 valence electrons. The van der Waals surface area contributed by atoms with E-state index in [1.807, 2.05) is 6.92 Å². The molecule has 0 spiro atoms. The number of ketones is 1. The Labute approximate surface area is 137 Å². The van der Waals surface area contributed by atoms with Gasteiger partial charge < -0.3 is 4.74 Å². The monoisotopic (exact) mass is 370 g/mol. The van der Waals surface area contributed by atoms with Crippen LogP contribution in [0.3, 0.4) is 0 Å². The number of Topliss-reactive ketones (excluding diaryl/α,β-unsaturated/α-hetero) is 1. The number of aryl methyl sites for hydroxylation is 2. The first-order valence-corrected chi connectivity index (χ1v) is 7.72. The number of nitrogens with zero attached hydrogens (tertiary/aromatic N) is 2. The van der Waals surface area contributed by atoms with E-state index in [1.54, 1.807) is 37.0 Å². The second kappa shape index (κ2) is 6.62. The van der Waals surface area contributed by atoms with Crippen molar-refractivity contribution in [3.63, 3.8) is 0 Å². The van der Waals surface area contributed by atoms with Gasteiger partial charge in [-0.2, -0.15) is 5.10 Å². The number of hydrogen-bond acceptors (Lipinski definition) is 3. The molecule has 0 radical (unpaired) electrons. The van der Waals surface area contributed by atoms with Gasteiger partial charge in [0.2, 0.25) is 0 Å². The highest BCUT2D eigenvalue weighted by molar-refractivity contribution is 9.10. The summed E-state index contributed by atoms with van der Waals surface area (Å²) in [5, 5.41) is 4.90. The number of methoxy groups -OCH3 is 1. The number of aromatic nitrogens is 2. The van der Waals surface area contributed by atoms with Crippen molar-refractivity contribution < 1.29 is 9.53 Å². The Kier molecular flexibility index (Phi) is 5.06. The molecule has 0 unspecified atom stereocenters.